The van der Waals surface area contributed by atoms with Crippen molar-refractivity contribution in [2.24, 2.45) is 5.92 Å². The molecule has 0 bridgehead atoms. The molecule has 3 aliphatic rings. The summed E-state index contributed by atoms with van der Waals surface area (Å²) in [7, 11) is 4.33. The number of carbonyl (C=O) groups is 1. The lowest BCUT2D eigenvalue weighted by Crippen LogP contribution is -2.44. The highest BCUT2D eigenvalue weighted by Gasteiger charge is 2.46. The molecule has 5 rings (SSSR count). The Labute approximate surface area is 229 Å². The molecule has 1 fully saturated rings. The molecule has 0 unspecified atom stereocenters. The normalized spacial score (nSPS) is 25.3. The van der Waals surface area contributed by atoms with Crippen LogP contribution in [0.4, 0.5) is 0 Å². The fourth-order valence-corrected chi connectivity index (χ4v) is 7.73. The Balaban J connectivity index is 1.43. The largest absolute Gasteiger partial charge is 0.486 e. The molecule has 2 aromatic rings. The van der Waals surface area contributed by atoms with E-state index in [1.807, 2.05) is 26.2 Å². The molecule has 0 spiro atoms. The second-order valence-electron chi connectivity index (χ2n) is 11.5. The number of carbonyl (C=O) groups excluding carboxylic acids is 1. The van der Waals surface area contributed by atoms with E-state index in [-0.39, 0.29) is 23.6 Å². The zero-order chi connectivity index (χ0) is 26.6. The molecule has 3 heterocycles. The zero-order valence-corrected chi connectivity index (χ0v) is 24.4. The summed E-state index contributed by atoms with van der Waals surface area (Å²) in [5, 5.41) is 0.701. The summed E-state index contributed by atoms with van der Waals surface area (Å²) in [5.74, 6) is 1.20. The number of halogens is 1. The average Bonchev–Trinajstić information content (AvgIpc) is 3.24. The van der Waals surface area contributed by atoms with Crippen LogP contribution in [0, 0.1) is 19.8 Å². The van der Waals surface area contributed by atoms with Crippen LogP contribution >= 0.6 is 23.4 Å². The summed E-state index contributed by atoms with van der Waals surface area (Å²) in [6.45, 7) is 6.92. The molecule has 2 aliphatic heterocycles. The first kappa shape index (κ1) is 26.6. The molecular formula is C29H38ClN3O3S. The number of hydrogen-bond acceptors (Lipinski definition) is 5. The number of hydrogen-bond donors (Lipinski definition) is 1. The van der Waals surface area contributed by atoms with Gasteiger partial charge in [0.05, 0.1) is 22.7 Å². The van der Waals surface area contributed by atoms with Gasteiger partial charge in [-0.25, -0.2) is 0 Å². The summed E-state index contributed by atoms with van der Waals surface area (Å²) >= 11 is 8.56. The molecule has 1 atom stereocenters. The van der Waals surface area contributed by atoms with E-state index in [4.69, 9.17) is 16.3 Å². The van der Waals surface area contributed by atoms with Gasteiger partial charge in [-0.1, -0.05) is 11.6 Å². The second kappa shape index (κ2) is 9.97. The Bertz CT molecular complexity index is 1300. The predicted molar refractivity (Wildman–Crippen MR) is 150 cm³/mol. The van der Waals surface area contributed by atoms with Crippen molar-refractivity contribution in [3.63, 3.8) is 0 Å². The molecule has 6 nitrogen and oxygen atoms in total. The fraction of sp³-hybridized carbons (Fsp3) is 0.586. The van der Waals surface area contributed by atoms with E-state index in [1.54, 1.807) is 4.90 Å². The van der Waals surface area contributed by atoms with E-state index < -0.39 is 0 Å². The Hall–Kier alpha value is -1.96. The number of thioether (sulfide) groups is 1. The number of nitrogens with one attached hydrogen (secondary N) is 1. The second-order valence-corrected chi connectivity index (χ2v) is 12.7. The van der Waals surface area contributed by atoms with E-state index >= 15 is 0 Å². The third-order valence-electron chi connectivity index (χ3n) is 8.91. The van der Waals surface area contributed by atoms with Gasteiger partial charge in [0, 0.05) is 40.7 Å². The fourth-order valence-electron chi connectivity index (χ4n) is 6.70. The van der Waals surface area contributed by atoms with Gasteiger partial charge >= 0.3 is 0 Å². The summed E-state index contributed by atoms with van der Waals surface area (Å²) in [4.78, 5) is 34.5. The maximum atomic E-state index is 13.8. The Morgan fingerprint density at radius 2 is 1.89 bits per heavy atom. The van der Waals surface area contributed by atoms with Crippen LogP contribution < -0.4 is 10.3 Å². The van der Waals surface area contributed by atoms with Crippen LogP contribution in [0.25, 0.3) is 0 Å². The molecule has 1 saturated carbocycles. The molecule has 37 heavy (non-hydrogen) atoms. The van der Waals surface area contributed by atoms with Gasteiger partial charge in [-0.05, 0) is 90.8 Å². The minimum atomic E-state index is -0.302. The monoisotopic (exact) mass is 543 g/mol. The van der Waals surface area contributed by atoms with Gasteiger partial charge in [0.25, 0.3) is 11.5 Å². The topological polar surface area (TPSA) is 65.6 Å². The quantitative estimate of drug-likeness (QED) is 0.513. The first-order chi connectivity index (χ1) is 17.5. The van der Waals surface area contributed by atoms with Gasteiger partial charge in [0.15, 0.2) is 0 Å². The molecule has 1 aliphatic carbocycles. The van der Waals surface area contributed by atoms with Crippen LogP contribution in [-0.2, 0) is 19.4 Å². The molecule has 1 aromatic carbocycles. The van der Waals surface area contributed by atoms with Crippen molar-refractivity contribution in [2.75, 3.05) is 26.9 Å². The van der Waals surface area contributed by atoms with Crippen LogP contribution in [0.15, 0.2) is 15.8 Å². The lowest BCUT2D eigenvalue weighted by Gasteiger charge is -2.40. The maximum Gasteiger partial charge on any atom is 0.254 e. The number of ether oxygens (including phenoxy) is 1. The number of fused-ring (bicyclic) bond motifs is 2. The number of rotatable bonds is 5. The maximum absolute atomic E-state index is 13.8. The number of aromatic nitrogens is 1. The Morgan fingerprint density at radius 3 is 2.54 bits per heavy atom. The van der Waals surface area contributed by atoms with Gasteiger partial charge in [0.1, 0.15) is 11.4 Å². The van der Waals surface area contributed by atoms with Gasteiger partial charge in [0.2, 0.25) is 0 Å². The molecular weight excluding hydrogens is 506 g/mol. The molecule has 1 aromatic heterocycles. The van der Waals surface area contributed by atoms with E-state index in [2.05, 4.69) is 30.9 Å². The molecule has 0 radical (unpaired) electrons. The van der Waals surface area contributed by atoms with Crippen molar-refractivity contribution >= 4 is 29.3 Å². The first-order valence-corrected chi connectivity index (χ1v) is 14.9. The highest BCUT2D eigenvalue weighted by atomic mass is 35.5. The summed E-state index contributed by atoms with van der Waals surface area (Å²) in [6, 6.07) is 2.61. The van der Waals surface area contributed by atoms with Crippen LogP contribution in [0.3, 0.4) is 0 Å². The predicted octanol–water partition coefficient (Wildman–Crippen LogP) is 5.38. The van der Waals surface area contributed by atoms with Crippen molar-refractivity contribution in [3.05, 3.63) is 55.0 Å². The molecule has 1 N–H and O–H groups in total. The lowest BCUT2D eigenvalue weighted by molar-refractivity contribution is 0.0158. The Morgan fingerprint density at radius 1 is 1.19 bits per heavy atom. The minimum Gasteiger partial charge on any atom is -0.486 e. The standard InChI is InChI=1S/C29H38ClN3O3S/c1-16-13-23(37-6)22(27(34)31-16)15-33-12-11-20-24(28(33)35)17(2)26-21(25(20)30)14-29(3,36-26)18-7-9-19(10-8-18)32(4)5/h13,18-19H,7-12,14-15H2,1-6H3,(H,31,34)/t18?,19?,29-/m0/s1. The lowest BCUT2D eigenvalue weighted by atomic mass is 9.74. The van der Waals surface area contributed by atoms with E-state index in [1.165, 1.54) is 24.6 Å². The van der Waals surface area contributed by atoms with Crippen LogP contribution in [0.5, 0.6) is 5.75 Å². The summed E-state index contributed by atoms with van der Waals surface area (Å²) in [6.07, 6.45) is 8.06. The SMILES string of the molecule is CSc1cc(C)[nH]c(=O)c1CN1CCc2c(Cl)c3c(c(C)c2C1=O)O[C@](C)(C1CCC(N(C)C)CC1)C3. The van der Waals surface area contributed by atoms with E-state index in [0.717, 1.165) is 52.3 Å². The molecule has 8 heteroatoms. The van der Waals surface area contributed by atoms with Gasteiger partial charge < -0.3 is 19.5 Å². The van der Waals surface area contributed by atoms with Crippen molar-refractivity contribution < 1.29 is 9.53 Å². The van der Waals surface area contributed by atoms with E-state index in [9.17, 15) is 9.59 Å². The first-order valence-electron chi connectivity index (χ1n) is 13.3. The van der Waals surface area contributed by atoms with Crippen molar-refractivity contribution in [3.8, 4) is 5.75 Å². The average molecular weight is 544 g/mol. The van der Waals surface area contributed by atoms with Gasteiger partial charge in [-0.15, -0.1) is 11.8 Å². The number of amides is 1. The number of nitrogens with zero attached hydrogens (tertiary/aromatic N) is 2. The van der Waals surface area contributed by atoms with Crippen LogP contribution in [0.2, 0.25) is 5.02 Å². The number of H-pyrrole nitrogens is 1. The number of benzene rings is 1. The van der Waals surface area contributed by atoms with Gasteiger partial charge in [-0.2, -0.15) is 0 Å². The third kappa shape index (κ3) is 4.61. The summed E-state index contributed by atoms with van der Waals surface area (Å²) < 4.78 is 6.75. The minimum absolute atomic E-state index is 0.0702. The number of pyridine rings is 1. The highest BCUT2D eigenvalue weighted by molar-refractivity contribution is 7.98. The van der Waals surface area contributed by atoms with Crippen molar-refractivity contribution in [1.29, 1.82) is 0 Å². The zero-order valence-electron chi connectivity index (χ0n) is 22.8. The van der Waals surface area contributed by atoms with Crippen LogP contribution in [0.1, 0.15) is 70.9 Å². The third-order valence-corrected chi connectivity index (χ3v) is 10.2. The Kier molecular flexibility index (Phi) is 7.18. The molecule has 200 valence electrons. The summed E-state index contributed by atoms with van der Waals surface area (Å²) in [5.41, 5.74) is 4.57. The highest BCUT2D eigenvalue weighted by Crippen LogP contribution is 2.50. The number of aryl methyl sites for hydroxylation is 1. The van der Waals surface area contributed by atoms with E-state index in [0.29, 0.717) is 41.1 Å². The molecule has 1 amide bonds. The number of aromatic amines is 1. The molecule has 0 saturated heterocycles. The van der Waals surface area contributed by atoms with Crippen LogP contribution in [-0.4, -0.2) is 59.2 Å². The van der Waals surface area contributed by atoms with Crippen molar-refractivity contribution in [1.82, 2.24) is 14.8 Å². The van der Waals surface area contributed by atoms with Crippen molar-refractivity contribution in [2.45, 2.75) is 82.4 Å². The van der Waals surface area contributed by atoms with Gasteiger partial charge in [-0.3, -0.25) is 9.59 Å². The smallest absolute Gasteiger partial charge is 0.254 e.